The topological polar surface area (TPSA) is 51.2 Å². The first kappa shape index (κ1) is 12.9. The lowest BCUT2D eigenvalue weighted by Crippen LogP contribution is -2.25. The molecule has 3 heteroatoms. The van der Waals surface area contributed by atoms with Crippen molar-refractivity contribution in [2.45, 2.75) is 20.3 Å². The predicted octanol–water partition coefficient (Wildman–Crippen LogP) is 1.97. The first-order chi connectivity index (χ1) is 8.48. The lowest BCUT2D eigenvalue weighted by atomic mass is 9.78. The first-order valence-electron chi connectivity index (χ1n) is 6.23. The summed E-state index contributed by atoms with van der Waals surface area (Å²) in [5, 5.41) is 0. The summed E-state index contributed by atoms with van der Waals surface area (Å²) in [5.74, 6) is -0.0471. The number of fused-ring (bicyclic) bond motifs is 1. The maximum Gasteiger partial charge on any atom is 0.146 e. The van der Waals surface area contributed by atoms with Crippen molar-refractivity contribution in [1.82, 2.24) is 0 Å². The minimum atomic E-state index is -0.517. The molecule has 2 aliphatic carbocycles. The number of carbonyl (C=O) groups excluding carboxylic acids is 3. The lowest BCUT2D eigenvalue weighted by Gasteiger charge is -2.23. The van der Waals surface area contributed by atoms with Gasteiger partial charge < -0.3 is 4.79 Å². The molecule has 0 N–H and O–H groups in total. The molecule has 0 bridgehead atoms. The summed E-state index contributed by atoms with van der Waals surface area (Å²) in [6.07, 6.45) is 4.91. The van der Waals surface area contributed by atoms with Crippen LogP contribution >= 0.6 is 0 Å². The molecule has 96 valence electrons. The summed E-state index contributed by atoms with van der Waals surface area (Å²) in [7, 11) is 0. The fourth-order valence-electron chi connectivity index (χ4n) is 3.61. The Bertz CT molecular complexity index is 445. The summed E-state index contributed by atoms with van der Waals surface area (Å²) in [6.45, 7) is 8.07. The third-order valence-corrected chi connectivity index (χ3v) is 4.77. The van der Waals surface area contributed by atoms with E-state index < -0.39 is 5.92 Å². The molecule has 0 aliphatic heterocycles. The quantitative estimate of drug-likeness (QED) is 0.563. The van der Waals surface area contributed by atoms with Crippen molar-refractivity contribution in [1.29, 1.82) is 0 Å². The Morgan fingerprint density at radius 1 is 1.39 bits per heavy atom. The number of hydrogen-bond donors (Lipinski definition) is 0. The van der Waals surface area contributed by atoms with Crippen LogP contribution in [0.1, 0.15) is 20.3 Å². The number of carbonyl (C=O) groups is 3. The molecule has 2 rings (SSSR count). The molecule has 1 saturated carbocycles. The van der Waals surface area contributed by atoms with E-state index in [9.17, 15) is 14.4 Å². The van der Waals surface area contributed by atoms with Crippen molar-refractivity contribution < 1.29 is 14.4 Å². The predicted molar refractivity (Wildman–Crippen MR) is 67.8 cm³/mol. The van der Waals surface area contributed by atoms with Crippen LogP contribution in [0.5, 0.6) is 0 Å². The van der Waals surface area contributed by atoms with Crippen LogP contribution in [-0.2, 0) is 14.4 Å². The Balaban J connectivity index is 2.45. The second kappa shape index (κ2) is 4.30. The van der Waals surface area contributed by atoms with E-state index >= 15 is 0 Å². The van der Waals surface area contributed by atoms with E-state index in [1.807, 2.05) is 6.08 Å². The third kappa shape index (κ3) is 1.69. The average molecular weight is 246 g/mol. The summed E-state index contributed by atoms with van der Waals surface area (Å²) in [4.78, 5) is 33.4. The van der Waals surface area contributed by atoms with Crippen LogP contribution < -0.4 is 0 Å². The normalized spacial score (nSPS) is 36.7. The molecule has 0 aromatic rings. The molecule has 18 heavy (non-hydrogen) atoms. The van der Waals surface area contributed by atoms with Crippen LogP contribution in [0.25, 0.3) is 0 Å². The number of rotatable bonds is 4. The minimum absolute atomic E-state index is 0.114. The highest BCUT2D eigenvalue weighted by atomic mass is 16.1. The van der Waals surface area contributed by atoms with Crippen molar-refractivity contribution in [2.75, 3.05) is 0 Å². The summed E-state index contributed by atoms with van der Waals surface area (Å²) < 4.78 is 0. The van der Waals surface area contributed by atoms with Crippen molar-refractivity contribution in [3.63, 3.8) is 0 Å². The zero-order valence-corrected chi connectivity index (χ0v) is 10.8. The molecule has 0 aromatic carbocycles. The van der Waals surface area contributed by atoms with Crippen LogP contribution in [0, 0.1) is 29.1 Å². The van der Waals surface area contributed by atoms with E-state index in [4.69, 9.17) is 0 Å². The average Bonchev–Trinajstić information content (AvgIpc) is 2.95. The van der Waals surface area contributed by atoms with Gasteiger partial charge in [0, 0.05) is 11.8 Å². The van der Waals surface area contributed by atoms with E-state index in [0.29, 0.717) is 17.1 Å². The van der Waals surface area contributed by atoms with Gasteiger partial charge in [-0.05, 0) is 34.8 Å². The Hall–Kier alpha value is -1.51. The van der Waals surface area contributed by atoms with Gasteiger partial charge in [-0.3, -0.25) is 9.59 Å². The van der Waals surface area contributed by atoms with E-state index in [1.54, 1.807) is 0 Å². The molecule has 2 aliphatic rings. The second-order valence-electron chi connectivity index (χ2n) is 5.89. The van der Waals surface area contributed by atoms with Gasteiger partial charge >= 0.3 is 0 Å². The van der Waals surface area contributed by atoms with Gasteiger partial charge in [0.1, 0.15) is 18.9 Å². The zero-order valence-electron chi connectivity index (χ0n) is 10.8. The van der Waals surface area contributed by atoms with Crippen LogP contribution in [0.15, 0.2) is 23.8 Å². The van der Waals surface area contributed by atoms with Crippen LogP contribution in [0.4, 0.5) is 0 Å². The van der Waals surface area contributed by atoms with Gasteiger partial charge in [-0.1, -0.05) is 26.5 Å². The van der Waals surface area contributed by atoms with Crippen molar-refractivity contribution in [3.8, 4) is 0 Å². The lowest BCUT2D eigenvalue weighted by molar-refractivity contribution is -0.114. The van der Waals surface area contributed by atoms with Gasteiger partial charge in [0.2, 0.25) is 0 Å². The number of allylic oxidation sites excluding steroid dienone is 3. The largest absolute Gasteiger partial charge is 0.303 e. The molecule has 0 unspecified atom stereocenters. The molecule has 0 amide bonds. The minimum Gasteiger partial charge on any atom is -0.303 e. The third-order valence-electron chi connectivity index (χ3n) is 4.77. The van der Waals surface area contributed by atoms with E-state index in [-0.39, 0.29) is 17.3 Å². The highest BCUT2D eigenvalue weighted by Crippen LogP contribution is 2.67. The van der Waals surface area contributed by atoms with Gasteiger partial charge in [0.25, 0.3) is 0 Å². The summed E-state index contributed by atoms with van der Waals surface area (Å²) >= 11 is 0. The Kier molecular flexibility index (Phi) is 3.09. The van der Waals surface area contributed by atoms with Gasteiger partial charge in [-0.2, -0.15) is 0 Å². The van der Waals surface area contributed by atoms with Crippen LogP contribution in [0.3, 0.4) is 0 Å². The fraction of sp³-hybridized carbons (Fsp3) is 0.533. The number of aldehydes is 3. The second-order valence-corrected chi connectivity index (χ2v) is 5.89. The molecule has 0 spiro atoms. The van der Waals surface area contributed by atoms with Crippen LogP contribution in [-0.4, -0.2) is 18.9 Å². The van der Waals surface area contributed by atoms with Crippen LogP contribution in [0.2, 0.25) is 0 Å². The highest BCUT2D eigenvalue weighted by molar-refractivity contribution is 5.84. The number of hydrogen-bond acceptors (Lipinski definition) is 3. The molecular weight excluding hydrogens is 228 g/mol. The van der Waals surface area contributed by atoms with Crippen molar-refractivity contribution in [3.05, 3.63) is 23.8 Å². The molecule has 4 atom stereocenters. The SMILES string of the molecule is C=C(C=O)[C@H]1[C@@H]2[C@H](CC=C(C=O)[C@@H]1C=O)C2(C)C. The Morgan fingerprint density at radius 3 is 2.56 bits per heavy atom. The van der Waals surface area contributed by atoms with Crippen molar-refractivity contribution >= 4 is 18.9 Å². The molecule has 0 aromatic heterocycles. The highest BCUT2D eigenvalue weighted by Gasteiger charge is 2.62. The smallest absolute Gasteiger partial charge is 0.146 e. The summed E-state index contributed by atoms with van der Waals surface area (Å²) in [5.41, 5.74) is 1.05. The summed E-state index contributed by atoms with van der Waals surface area (Å²) in [6, 6.07) is 0. The van der Waals surface area contributed by atoms with Gasteiger partial charge in [-0.25, -0.2) is 0 Å². The first-order valence-corrected chi connectivity index (χ1v) is 6.23. The van der Waals surface area contributed by atoms with E-state index in [1.165, 1.54) is 0 Å². The fourth-order valence-corrected chi connectivity index (χ4v) is 3.61. The molecule has 0 heterocycles. The monoisotopic (exact) mass is 246 g/mol. The molecule has 3 nitrogen and oxygen atoms in total. The molecule has 0 saturated heterocycles. The van der Waals surface area contributed by atoms with Gasteiger partial charge in [0.05, 0.1) is 0 Å². The zero-order chi connectivity index (χ0) is 13.5. The standard InChI is InChI=1S/C15H18O3/c1-9(6-16)13-11(8-18)10(7-17)4-5-12-14(13)15(12,2)3/h4,6-8,11-14H,1,5H2,2-3H3/t11-,12-,13+,14-/m0/s1. The van der Waals surface area contributed by atoms with E-state index in [0.717, 1.165) is 25.3 Å². The van der Waals surface area contributed by atoms with Gasteiger partial charge in [0.15, 0.2) is 0 Å². The maximum atomic E-state index is 11.3. The molecule has 0 radical (unpaired) electrons. The molecular formula is C15H18O3. The maximum absolute atomic E-state index is 11.3. The Morgan fingerprint density at radius 2 is 2.06 bits per heavy atom. The Labute approximate surface area is 107 Å². The van der Waals surface area contributed by atoms with Crippen molar-refractivity contribution in [2.24, 2.45) is 29.1 Å². The van der Waals surface area contributed by atoms with Gasteiger partial charge in [-0.15, -0.1) is 0 Å². The van der Waals surface area contributed by atoms with E-state index in [2.05, 4.69) is 20.4 Å². The molecule has 1 fully saturated rings.